The van der Waals surface area contributed by atoms with Crippen LogP contribution in [0.1, 0.15) is 31.0 Å². The Balaban J connectivity index is 2.10. The van der Waals surface area contributed by atoms with Crippen LogP contribution in [0, 0.1) is 0 Å². The van der Waals surface area contributed by atoms with Gasteiger partial charge in [0.05, 0.1) is 5.75 Å². The van der Waals surface area contributed by atoms with Crippen molar-refractivity contribution in [2.24, 2.45) is 0 Å². The second-order valence-corrected chi connectivity index (χ2v) is 7.79. The van der Waals surface area contributed by atoms with E-state index in [-0.39, 0.29) is 5.75 Å². The van der Waals surface area contributed by atoms with Gasteiger partial charge in [0.2, 0.25) is 0 Å². The van der Waals surface area contributed by atoms with Crippen LogP contribution in [0.3, 0.4) is 0 Å². The fraction of sp³-hybridized carbons (Fsp3) is 0.600. The molecule has 20 heavy (non-hydrogen) atoms. The largest absolute Gasteiger partial charge is 0.370 e. The van der Waals surface area contributed by atoms with E-state index in [2.05, 4.69) is 42.3 Å². The third kappa shape index (κ3) is 3.73. The number of fused-ring (bicyclic) bond motifs is 1. The summed E-state index contributed by atoms with van der Waals surface area (Å²) >= 11 is 0. The molecule has 1 aliphatic rings. The Hall–Kier alpha value is -1.07. The Morgan fingerprint density at radius 2 is 2.15 bits per heavy atom. The van der Waals surface area contributed by atoms with Crippen LogP contribution in [-0.2, 0) is 16.3 Å². The van der Waals surface area contributed by atoms with Crippen molar-refractivity contribution in [3.63, 3.8) is 0 Å². The molecule has 1 aliphatic heterocycles. The minimum Gasteiger partial charge on any atom is -0.370 e. The first-order chi connectivity index (χ1) is 9.40. The molecule has 1 unspecified atom stereocenters. The van der Waals surface area contributed by atoms with Gasteiger partial charge in [-0.25, -0.2) is 8.42 Å². The predicted molar refractivity (Wildman–Crippen MR) is 84.2 cm³/mol. The highest BCUT2D eigenvalue weighted by Gasteiger charge is 2.20. The number of benzene rings is 1. The predicted octanol–water partition coefficient (Wildman–Crippen LogP) is 1.76. The van der Waals surface area contributed by atoms with E-state index in [1.807, 2.05) is 0 Å². The number of nitrogens with zero attached hydrogens (tertiary/aromatic N) is 1. The van der Waals surface area contributed by atoms with Crippen molar-refractivity contribution in [3.8, 4) is 0 Å². The molecule has 1 aromatic carbocycles. The fourth-order valence-corrected chi connectivity index (χ4v) is 3.24. The van der Waals surface area contributed by atoms with Crippen LogP contribution in [0.15, 0.2) is 18.2 Å². The van der Waals surface area contributed by atoms with Crippen molar-refractivity contribution in [3.05, 3.63) is 29.3 Å². The second kappa shape index (κ2) is 6.14. The molecule has 1 N–H and O–H groups in total. The minimum atomic E-state index is -2.89. The molecule has 5 heteroatoms. The molecule has 0 spiro atoms. The normalized spacial score (nSPS) is 16.2. The summed E-state index contributed by atoms with van der Waals surface area (Å²) in [6.45, 7) is 6.75. The van der Waals surface area contributed by atoms with Gasteiger partial charge in [0, 0.05) is 31.1 Å². The van der Waals surface area contributed by atoms with Crippen molar-refractivity contribution >= 4 is 15.5 Å². The summed E-state index contributed by atoms with van der Waals surface area (Å²) in [6, 6.07) is 6.89. The van der Waals surface area contributed by atoms with Crippen LogP contribution in [0.25, 0.3) is 0 Å². The van der Waals surface area contributed by atoms with Crippen molar-refractivity contribution in [1.82, 2.24) is 5.32 Å². The zero-order valence-electron chi connectivity index (χ0n) is 12.5. The summed E-state index contributed by atoms with van der Waals surface area (Å²) in [6.07, 6.45) is 2.30. The molecular weight excluding hydrogens is 272 g/mol. The maximum atomic E-state index is 11.3. The van der Waals surface area contributed by atoms with E-state index < -0.39 is 9.84 Å². The average Bonchev–Trinajstić information content (AvgIpc) is 2.78. The third-order valence-corrected chi connectivity index (χ3v) is 4.76. The molecule has 0 bridgehead atoms. The van der Waals surface area contributed by atoms with Gasteiger partial charge in [-0.05, 0) is 37.1 Å². The van der Waals surface area contributed by atoms with Gasteiger partial charge in [-0.15, -0.1) is 0 Å². The first kappa shape index (κ1) is 15.3. The average molecular weight is 296 g/mol. The number of anilines is 1. The van der Waals surface area contributed by atoms with Crippen molar-refractivity contribution in [2.45, 2.75) is 26.3 Å². The van der Waals surface area contributed by atoms with Crippen LogP contribution >= 0.6 is 0 Å². The summed E-state index contributed by atoms with van der Waals surface area (Å²) in [5.74, 6) is 0.224. The maximum absolute atomic E-state index is 11.3. The quantitative estimate of drug-likeness (QED) is 0.869. The molecule has 1 atom stereocenters. The second-order valence-electron chi connectivity index (χ2n) is 5.53. The Morgan fingerprint density at radius 3 is 2.80 bits per heavy atom. The number of nitrogens with one attached hydrogen (secondary N) is 1. The lowest BCUT2D eigenvalue weighted by molar-refractivity contribution is 0.598. The molecule has 0 saturated heterocycles. The Bertz CT molecular complexity index is 569. The van der Waals surface area contributed by atoms with Crippen molar-refractivity contribution in [2.75, 3.05) is 36.5 Å². The van der Waals surface area contributed by atoms with E-state index in [9.17, 15) is 8.42 Å². The SMILES string of the molecule is CCNC(C)c1ccc2c(c1)CCN2CCS(C)(=O)=O. The zero-order chi connectivity index (χ0) is 14.8. The van der Waals surface area contributed by atoms with Gasteiger partial charge < -0.3 is 10.2 Å². The van der Waals surface area contributed by atoms with Gasteiger partial charge >= 0.3 is 0 Å². The molecule has 0 amide bonds. The minimum absolute atomic E-state index is 0.224. The Morgan fingerprint density at radius 1 is 1.40 bits per heavy atom. The molecule has 0 aromatic heterocycles. The zero-order valence-corrected chi connectivity index (χ0v) is 13.3. The molecule has 1 heterocycles. The van der Waals surface area contributed by atoms with Gasteiger partial charge in [0.25, 0.3) is 0 Å². The molecular formula is C15H24N2O2S. The highest BCUT2D eigenvalue weighted by Crippen LogP contribution is 2.30. The van der Waals surface area contributed by atoms with E-state index >= 15 is 0 Å². The van der Waals surface area contributed by atoms with Crippen LogP contribution < -0.4 is 10.2 Å². The number of rotatable bonds is 6. The number of hydrogen-bond acceptors (Lipinski definition) is 4. The summed E-state index contributed by atoms with van der Waals surface area (Å²) in [4.78, 5) is 2.18. The molecule has 4 nitrogen and oxygen atoms in total. The molecule has 0 saturated carbocycles. The summed E-state index contributed by atoms with van der Waals surface area (Å²) in [5.41, 5.74) is 3.83. The Labute approximate surface area is 122 Å². The first-order valence-electron chi connectivity index (χ1n) is 7.19. The molecule has 112 valence electrons. The van der Waals surface area contributed by atoms with E-state index in [0.717, 1.165) is 19.5 Å². The monoisotopic (exact) mass is 296 g/mol. The van der Waals surface area contributed by atoms with E-state index in [1.165, 1.54) is 23.1 Å². The molecule has 1 aromatic rings. The standard InChI is InChI=1S/C15H24N2O2S/c1-4-16-12(2)13-5-6-15-14(11-13)7-8-17(15)9-10-20(3,18)19/h5-6,11-12,16H,4,7-10H2,1-3H3. The molecule has 2 rings (SSSR count). The van der Waals surface area contributed by atoms with Crippen LogP contribution in [-0.4, -0.2) is 40.1 Å². The van der Waals surface area contributed by atoms with Crippen LogP contribution in [0.4, 0.5) is 5.69 Å². The van der Waals surface area contributed by atoms with E-state index in [4.69, 9.17) is 0 Å². The van der Waals surface area contributed by atoms with Crippen LogP contribution in [0.5, 0.6) is 0 Å². The number of hydrogen-bond donors (Lipinski definition) is 1. The Kier molecular flexibility index (Phi) is 4.70. The van der Waals surface area contributed by atoms with Gasteiger partial charge in [-0.1, -0.05) is 19.1 Å². The lowest BCUT2D eigenvalue weighted by atomic mass is 10.0. The summed E-state index contributed by atoms with van der Waals surface area (Å²) < 4.78 is 22.6. The lowest BCUT2D eigenvalue weighted by Gasteiger charge is -2.20. The van der Waals surface area contributed by atoms with Crippen LogP contribution in [0.2, 0.25) is 0 Å². The van der Waals surface area contributed by atoms with Gasteiger partial charge in [0.1, 0.15) is 9.84 Å². The molecule has 0 radical (unpaired) electrons. The van der Waals surface area contributed by atoms with E-state index in [0.29, 0.717) is 12.6 Å². The summed E-state index contributed by atoms with van der Waals surface area (Å²) in [7, 11) is -2.89. The fourth-order valence-electron chi connectivity index (χ4n) is 2.69. The highest BCUT2D eigenvalue weighted by molar-refractivity contribution is 7.90. The van der Waals surface area contributed by atoms with Gasteiger partial charge in [-0.2, -0.15) is 0 Å². The third-order valence-electron chi connectivity index (χ3n) is 3.84. The summed E-state index contributed by atoms with van der Waals surface area (Å²) in [5, 5.41) is 3.42. The molecule has 0 aliphatic carbocycles. The van der Waals surface area contributed by atoms with Crippen molar-refractivity contribution in [1.29, 1.82) is 0 Å². The van der Waals surface area contributed by atoms with Crippen molar-refractivity contribution < 1.29 is 8.42 Å². The smallest absolute Gasteiger partial charge is 0.149 e. The lowest BCUT2D eigenvalue weighted by Crippen LogP contribution is -2.27. The van der Waals surface area contributed by atoms with Gasteiger partial charge in [0.15, 0.2) is 0 Å². The topological polar surface area (TPSA) is 49.4 Å². The highest BCUT2D eigenvalue weighted by atomic mass is 32.2. The van der Waals surface area contributed by atoms with E-state index in [1.54, 1.807) is 0 Å². The van der Waals surface area contributed by atoms with Gasteiger partial charge in [-0.3, -0.25) is 0 Å². The number of sulfone groups is 1. The molecule has 0 fully saturated rings. The first-order valence-corrected chi connectivity index (χ1v) is 9.25. The maximum Gasteiger partial charge on any atom is 0.149 e.